The lowest BCUT2D eigenvalue weighted by Gasteiger charge is -2.07. The molecule has 60 valence electrons. The Morgan fingerprint density at radius 3 is 2.70 bits per heavy atom. The molecule has 1 amide bonds. The molecule has 0 bridgehead atoms. The van der Waals surface area contributed by atoms with Gasteiger partial charge in [0.25, 0.3) is 0 Å². The summed E-state index contributed by atoms with van der Waals surface area (Å²) in [5.41, 5.74) is 4.62. The molecule has 1 unspecified atom stereocenters. The van der Waals surface area contributed by atoms with Crippen LogP contribution >= 0.6 is 0 Å². The normalized spacial score (nSPS) is 12.6. The van der Waals surface area contributed by atoms with Crippen molar-refractivity contribution in [3.05, 3.63) is 0 Å². The Bertz CT molecular complexity index is 106. The average Bonchev–Trinajstić information content (AvgIpc) is 1.85. The summed E-state index contributed by atoms with van der Waals surface area (Å²) in [4.78, 5) is 9.96. The highest BCUT2D eigenvalue weighted by Gasteiger charge is 2.04. The van der Waals surface area contributed by atoms with Crippen molar-refractivity contribution >= 4 is 6.09 Å². The van der Waals surface area contributed by atoms with Crippen LogP contribution in [0.15, 0.2) is 0 Å². The Morgan fingerprint density at radius 2 is 2.30 bits per heavy atom. The molecule has 3 N–H and O–H groups in total. The summed E-state index contributed by atoms with van der Waals surface area (Å²) >= 11 is 0. The second kappa shape index (κ2) is 5.01. The van der Waals surface area contributed by atoms with Crippen LogP contribution in [-0.2, 0) is 9.47 Å². The fourth-order valence-corrected chi connectivity index (χ4v) is 0.419. The third-order valence-electron chi connectivity index (χ3n) is 0.777. The van der Waals surface area contributed by atoms with Gasteiger partial charge in [0.05, 0.1) is 6.61 Å². The minimum Gasteiger partial charge on any atom is -0.447 e. The number of aliphatic hydroxyl groups is 1. The Hall–Kier alpha value is -0.810. The molecule has 0 fully saturated rings. The molecule has 0 saturated carbocycles. The number of hydrogen-bond donors (Lipinski definition) is 2. The molecule has 0 aromatic carbocycles. The summed E-state index contributed by atoms with van der Waals surface area (Å²) in [6.07, 6.45) is -1.69. The molecular formula is C5H11NO4. The standard InChI is InChI=1S/C5H11NO4/c1-9-2-4(7)3-10-5(6)8/h4,7H,2-3H2,1H3,(H2,6,8). The highest BCUT2D eigenvalue weighted by Crippen LogP contribution is 1.85. The van der Waals surface area contributed by atoms with Gasteiger partial charge in [0.15, 0.2) is 0 Å². The molecule has 0 aliphatic rings. The highest BCUT2D eigenvalue weighted by atomic mass is 16.6. The van der Waals surface area contributed by atoms with E-state index in [-0.39, 0.29) is 13.2 Å². The van der Waals surface area contributed by atoms with Gasteiger partial charge in [-0.2, -0.15) is 0 Å². The van der Waals surface area contributed by atoms with Gasteiger partial charge in [0.2, 0.25) is 0 Å². The number of methoxy groups -OCH3 is 1. The summed E-state index contributed by atoms with van der Waals surface area (Å²) in [7, 11) is 1.44. The zero-order chi connectivity index (χ0) is 7.98. The van der Waals surface area contributed by atoms with Gasteiger partial charge in [-0.05, 0) is 0 Å². The molecule has 0 aromatic heterocycles. The number of nitrogens with two attached hydrogens (primary N) is 1. The van der Waals surface area contributed by atoms with E-state index in [4.69, 9.17) is 5.11 Å². The first-order valence-corrected chi connectivity index (χ1v) is 2.76. The summed E-state index contributed by atoms with van der Waals surface area (Å²) < 4.78 is 8.82. The number of ether oxygens (including phenoxy) is 2. The van der Waals surface area contributed by atoms with Gasteiger partial charge in [0.1, 0.15) is 12.7 Å². The van der Waals surface area contributed by atoms with E-state index in [1.807, 2.05) is 0 Å². The Kier molecular flexibility index (Phi) is 4.61. The number of carbonyl (C=O) groups is 1. The zero-order valence-corrected chi connectivity index (χ0v) is 5.74. The van der Waals surface area contributed by atoms with Crippen LogP contribution in [0.5, 0.6) is 0 Å². The lowest BCUT2D eigenvalue weighted by molar-refractivity contribution is 0.0184. The smallest absolute Gasteiger partial charge is 0.404 e. The lowest BCUT2D eigenvalue weighted by Crippen LogP contribution is -2.25. The molecule has 0 aromatic rings. The number of rotatable bonds is 4. The van der Waals surface area contributed by atoms with Crippen LogP contribution in [0, 0.1) is 0 Å². The van der Waals surface area contributed by atoms with E-state index < -0.39 is 12.2 Å². The summed E-state index contributed by atoms with van der Waals surface area (Å²) in [5.74, 6) is 0. The number of carbonyl (C=O) groups excluding carboxylic acids is 1. The van der Waals surface area contributed by atoms with Gasteiger partial charge >= 0.3 is 6.09 Å². The molecule has 0 saturated heterocycles. The van der Waals surface area contributed by atoms with Gasteiger partial charge < -0.3 is 20.3 Å². The number of primary amides is 1. The van der Waals surface area contributed by atoms with E-state index in [9.17, 15) is 4.79 Å². The maximum atomic E-state index is 9.96. The molecule has 0 spiro atoms. The molecule has 0 aliphatic heterocycles. The molecule has 0 rings (SSSR count). The SMILES string of the molecule is COCC(O)COC(N)=O. The molecule has 1 atom stereocenters. The van der Waals surface area contributed by atoms with Crippen molar-refractivity contribution < 1.29 is 19.4 Å². The second-order valence-electron chi connectivity index (χ2n) is 1.74. The topological polar surface area (TPSA) is 81.8 Å². The molecule has 5 heteroatoms. The third-order valence-corrected chi connectivity index (χ3v) is 0.777. The molecule has 10 heavy (non-hydrogen) atoms. The van der Waals surface area contributed by atoms with Gasteiger partial charge in [-0.3, -0.25) is 0 Å². The Morgan fingerprint density at radius 1 is 1.70 bits per heavy atom. The third kappa shape index (κ3) is 5.33. The zero-order valence-electron chi connectivity index (χ0n) is 5.74. The van der Waals surface area contributed by atoms with Crippen molar-refractivity contribution in [1.29, 1.82) is 0 Å². The molecule has 0 heterocycles. The van der Waals surface area contributed by atoms with Crippen LogP contribution in [0.3, 0.4) is 0 Å². The van der Waals surface area contributed by atoms with E-state index in [0.717, 1.165) is 0 Å². The van der Waals surface area contributed by atoms with Crippen molar-refractivity contribution in [1.82, 2.24) is 0 Å². The van der Waals surface area contributed by atoms with E-state index in [1.54, 1.807) is 0 Å². The number of aliphatic hydroxyl groups excluding tert-OH is 1. The fraction of sp³-hybridized carbons (Fsp3) is 0.800. The number of amides is 1. The second-order valence-corrected chi connectivity index (χ2v) is 1.74. The minimum atomic E-state index is -0.893. The van der Waals surface area contributed by atoms with Crippen molar-refractivity contribution in [2.24, 2.45) is 5.73 Å². The van der Waals surface area contributed by atoms with Crippen LogP contribution in [0.4, 0.5) is 4.79 Å². The quantitative estimate of drug-likeness (QED) is 0.542. The predicted molar refractivity (Wildman–Crippen MR) is 33.4 cm³/mol. The summed E-state index contributed by atoms with van der Waals surface area (Å²) in [6, 6.07) is 0. The maximum absolute atomic E-state index is 9.96. The van der Waals surface area contributed by atoms with Gasteiger partial charge in [-0.25, -0.2) is 4.79 Å². The van der Waals surface area contributed by atoms with Crippen molar-refractivity contribution in [3.8, 4) is 0 Å². The van der Waals surface area contributed by atoms with Crippen molar-refractivity contribution in [3.63, 3.8) is 0 Å². The predicted octanol–water partition coefficient (Wildman–Crippen LogP) is -0.911. The maximum Gasteiger partial charge on any atom is 0.404 e. The van der Waals surface area contributed by atoms with Crippen LogP contribution in [0.2, 0.25) is 0 Å². The largest absolute Gasteiger partial charge is 0.447 e. The Labute approximate surface area is 58.7 Å². The summed E-state index contributed by atoms with van der Waals surface area (Å²) in [6.45, 7) is 0.0104. The van der Waals surface area contributed by atoms with Crippen LogP contribution in [0.1, 0.15) is 0 Å². The first-order chi connectivity index (χ1) is 4.66. The van der Waals surface area contributed by atoms with Crippen LogP contribution < -0.4 is 5.73 Å². The fourth-order valence-electron chi connectivity index (χ4n) is 0.419. The van der Waals surface area contributed by atoms with Gasteiger partial charge in [0, 0.05) is 7.11 Å². The average molecular weight is 149 g/mol. The van der Waals surface area contributed by atoms with E-state index >= 15 is 0 Å². The van der Waals surface area contributed by atoms with Crippen LogP contribution in [-0.4, -0.2) is 37.6 Å². The van der Waals surface area contributed by atoms with E-state index in [1.165, 1.54) is 7.11 Å². The van der Waals surface area contributed by atoms with Gasteiger partial charge in [-0.1, -0.05) is 0 Å². The van der Waals surface area contributed by atoms with Gasteiger partial charge in [-0.15, -0.1) is 0 Å². The molecule has 0 aliphatic carbocycles. The highest BCUT2D eigenvalue weighted by molar-refractivity contribution is 5.64. The first-order valence-electron chi connectivity index (χ1n) is 2.76. The molecule has 5 nitrogen and oxygen atoms in total. The Balaban J connectivity index is 3.21. The van der Waals surface area contributed by atoms with Crippen molar-refractivity contribution in [2.75, 3.05) is 20.3 Å². The van der Waals surface area contributed by atoms with E-state index in [2.05, 4.69) is 15.2 Å². The lowest BCUT2D eigenvalue weighted by atomic mass is 10.4. The number of hydrogen-bond acceptors (Lipinski definition) is 4. The first kappa shape index (κ1) is 9.19. The molecular weight excluding hydrogens is 138 g/mol. The monoisotopic (exact) mass is 149 g/mol. The van der Waals surface area contributed by atoms with E-state index in [0.29, 0.717) is 0 Å². The van der Waals surface area contributed by atoms with Crippen LogP contribution in [0.25, 0.3) is 0 Å². The summed E-state index contributed by atoms with van der Waals surface area (Å²) in [5, 5.41) is 8.84. The van der Waals surface area contributed by atoms with Crippen molar-refractivity contribution in [2.45, 2.75) is 6.10 Å². The minimum absolute atomic E-state index is 0.122. The molecule has 0 radical (unpaired) electrons.